The minimum Gasteiger partial charge on any atom is -0.256 e. The van der Waals surface area contributed by atoms with Crippen LogP contribution in [-0.4, -0.2) is 4.98 Å². The maximum atomic E-state index is 5.10. The van der Waals surface area contributed by atoms with Crippen molar-refractivity contribution in [1.29, 1.82) is 0 Å². The number of hydrogen-bond donors (Lipinski definition) is 0. The molecule has 0 amide bonds. The molecule has 2 aliphatic carbocycles. The molecule has 0 saturated heterocycles. The molecular formula is C37H35N. The van der Waals surface area contributed by atoms with Crippen molar-refractivity contribution in [1.82, 2.24) is 4.98 Å². The van der Waals surface area contributed by atoms with Gasteiger partial charge < -0.3 is 0 Å². The molecule has 0 N–H and O–H groups in total. The Kier molecular flexibility index (Phi) is 5.34. The summed E-state index contributed by atoms with van der Waals surface area (Å²) in [5.74, 6) is 0.596. The number of pyridine rings is 1. The van der Waals surface area contributed by atoms with Gasteiger partial charge in [-0.25, -0.2) is 0 Å². The van der Waals surface area contributed by atoms with Crippen molar-refractivity contribution in [3.05, 3.63) is 113 Å². The first-order valence-electron chi connectivity index (χ1n) is 14.1. The van der Waals surface area contributed by atoms with Crippen LogP contribution >= 0.6 is 0 Å². The average molecular weight is 494 g/mol. The van der Waals surface area contributed by atoms with Crippen molar-refractivity contribution < 1.29 is 0 Å². The summed E-state index contributed by atoms with van der Waals surface area (Å²) >= 11 is 0. The Bertz CT molecular complexity index is 1700. The zero-order valence-electron chi connectivity index (χ0n) is 22.9. The van der Waals surface area contributed by atoms with Crippen LogP contribution in [0.1, 0.15) is 66.8 Å². The van der Waals surface area contributed by atoms with Crippen molar-refractivity contribution >= 4 is 10.8 Å². The number of aromatic nitrogens is 1. The van der Waals surface area contributed by atoms with Gasteiger partial charge in [-0.3, -0.25) is 4.98 Å². The normalized spacial score (nSPS) is 17.5. The predicted molar refractivity (Wildman–Crippen MR) is 161 cm³/mol. The van der Waals surface area contributed by atoms with E-state index in [-0.39, 0.29) is 0 Å². The van der Waals surface area contributed by atoms with E-state index in [1.807, 2.05) is 6.20 Å². The van der Waals surface area contributed by atoms with Crippen LogP contribution in [0.3, 0.4) is 0 Å². The average Bonchev–Trinajstić information content (AvgIpc) is 3.47. The standard InChI is InChI=1S/C37H35N/c1-23-9-11-25(12-10-23)31-20-28(27-13-15-37(3,4)22-27)21-35-30(31)14-16-38-36(35)34-18-24(2)17-32-29-8-6-5-7-26(29)19-33(32)34/h5-12,14,16-18,20-21,27H,13,15,19,22H2,1-4H3. The second kappa shape index (κ2) is 8.67. The molecular weight excluding hydrogens is 458 g/mol. The highest BCUT2D eigenvalue weighted by Gasteiger charge is 2.32. The van der Waals surface area contributed by atoms with Gasteiger partial charge in [0.05, 0.1) is 5.69 Å². The fourth-order valence-corrected chi connectivity index (χ4v) is 7.04. The molecule has 0 aliphatic heterocycles. The largest absolute Gasteiger partial charge is 0.256 e. The van der Waals surface area contributed by atoms with E-state index in [1.165, 1.54) is 85.7 Å². The molecule has 1 saturated carbocycles. The Hall–Kier alpha value is -3.71. The van der Waals surface area contributed by atoms with E-state index in [9.17, 15) is 0 Å². The summed E-state index contributed by atoms with van der Waals surface area (Å²) in [5, 5.41) is 2.58. The van der Waals surface area contributed by atoms with Crippen molar-refractivity contribution in [3.63, 3.8) is 0 Å². The summed E-state index contributed by atoms with van der Waals surface area (Å²) < 4.78 is 0. The zero-order chi connectivity index (χ0) is 26.0. The Labute approximate surface area is 226 Å². The van der Waals surface area contributed by atoms with Gasteiger partial charge in [0.15, 0.2) is 0 Å². The van der Waals surface area contributed by atoms with Crippen molar-refractivity contribution in [2.45, 2.75) is 59.3 Å². The highest BCUT2D eigenvalue weighted by atomic mass is 14.7. The van der Waals surface area contributed by atoms with Crippen LogP contribution in [0.5, 0.6) is 0 Å². The third-order valence-corrected chi connectivity index (χ3v) is 9.03. The molecule has 38 heavy (non-hydrogen) atoms. The van der Waals surface area contributed by atoms with Crippen LogP contribution < -0.4 is 0 Å². The van der Waals surface area contributed by atoms with E-state index in [4.69, 9.17) is 4.98 Å². The maximum Gasteiger partial charge on any atom is 0.0783 e. The lowest BCUT2D eigenvalue weighted by Gasteiger charge is -2.20. The summed E-state index contributed by atoms with van der Waals surface area (Å²) in [4.78, 5) is 5.10. The van der Waals surface area contributed by atoms with Gasteiger partial charge >= 0.3 is 0 Å². The summed E-state index contributed by atoms with van der Waals surface area (Å²) in [6.45, 7) is 9.24. The van der Waals surface area contributed by atoms with Gasteiger partial charge in [-0.05, 0) is 119 Å². The van der Waals surface area contributed by atoms with Crippen LogP contribution in [0, 0.1) is 19.3 Å². The van der Waals surface area contributed by atoms with Gasteiger partial charge in [-0.2, -0.15) is 0 Å². The third-order valence-electron chi connectivity index (χ3n) is 9.03. The summed E-state index contributed by atoms with van der Waals surface area (Å²) in [5.41, 5.74) is 15.1. The quantitative estimate of drug-likeness (QED) is 0.239. The number of rotatable bonds is 3. The van der Waals surface area contributed by atoms with Gasteiger partial charge in [0, 0.05) is 17.1 Å². The molecule has 1 aromatic heterocycles. The first-order valence-corrected chi connectivity index (χ1v) is 14.1. The molecule has 4 aromatic carbocycles. The molecule has 1 heterocycles. The number of nitrogens with zero attached hydrogens (tertiary/aromatic N) is 1. The minimum atomic E-state index is 0.407. The SMILES string of the molecule is Cc1ccc(-c2cc(C3CCC(C)(C)C3)cc3c(-c4cc(C)cc5c4Cc4ccccc4-5)nccc23)cc1. The van der Waals surface area contributed by atoms with Crippen LogP contribution in [0.25, 0.3) is 44.3 Å². The van der Waals surface area contributed by atoms with E-state index < -0.39 is 0 Å². The smallest absolute Gasteiger partial charge is 0.0783 e. The molecule has 5 aromatic rings. The molecule has 1 atom stereocenters. The summed E-state index contributed by atoms with van der Waals surface area (Å²) in [7, 11) is 0. The predicted octanol–water partition coefficient (Wildman–Crippen LogP) is 10.1. The van der Waals surface area contributed by atoms with Gasteiger partial charge in [-0.1, -0.05) is 80.1 Å². The fraction of sp³-hybridized carbons (Fsp3) is 0.270. The molecule has 1 nitrogen and oxygen atoms in total. The van der Waals surface area contributed by atoms with E-state index in [0.717, 1.165) is 12.1 Å². The number of benzene rings is 4. The van der Waals surface area contributed by atoms with Crippen LogP contribution in [0.4, 0.5) is 0 Å². The van der Waals surface area contributed by atoms with E-state index in [0.29, 0.717) is 11.3 Å². The summed E-state index contributed by atoms with van der Waals surface area (Å²) in [6, 6.07) is 29.8. The molecule has 0 spiro atoms. The molecule has 188 valence electrons. The monoisotopic (exact) mass is 493 g/mol. The molecule has 1 fully saturated rings. The molecule has 0 radical (unpaired) electrons. The molecule has 1 heteroatoms. The molecule has 2 aliphatic rings. The lowest BCUT2D eigenvalue weighted by Crippen LogP contribution is -2.05. The Morgan fingerprint density at radius 2 is 1.53 bits per heavy atom. The Morgan fingerprint density at radius 3 is 2.32 bits per heavy atom. The van der Waals surface area contributed by atoms with Gasteiger partial charge in [0.1, 0.15) is 0 Å². The van der Waals surface area contributed by atoms with Crippen molar-refractivity contribution in [3.8, 4) is 33.5 Å². The Morgan fingerprint density at radius 1 is 0.737 bits per heavy atom. The van der Waals surface area contributed by atoms with E-state index >= 15 is 0 Å². The summed E-state index contributed by atoms with van der Waals surface area (Å²) in [6.07, 6.45) is 6.79. The number of hydrogen-bond acceptors (Lipinski definition) is 1. The number of aryl methyl sites for hydroxylation is 2. The molecule has 7 rings (SSSR count). The number of fused-ring (bicyclic) bond motifs is 4. The lowest BCUT2D eigenvalue weighted by atomic mass is 9.85. The first kappa shape index (κ1) is 23.4. The highest BCUT2D eigenvalue weighted by Crippen LogP contribution is 2.49. The molecule has 0 bridgehead atoms. The zero-order valence-corrected chi connectivity index (χ0v) is 22.9. The van der Waals surface area contributed by atoms with Crippen LogP contribution in [0.2, 0.25) is 0 Å². The van der Waals surface area contributed by atoms with E-state index in [1.54, 1.807) is 0 Å². The highest BCUT2D eigenvalue weighted by molar-refractivity contribution is 6.05. The third kappa shape index (κ3) is 3.88. The van der Waals surface area contributed by atoms with Crippen molar-refractivity contribution in [2.24, 2.45) is 5.41 Å². The topological polar surface area (TPSA) is 12.9 Å². The molecule has 1 unspecified atom stereocenters. The maximum absolute atomic E-state index is 5.10. The van der Waals surface area contributed by atoms with Crippen LogP contribution in [0.15, 0.2) is 85.1 Å². The lowest BCUT2D eigenvalue weighted by molar-refractivity contribution is 0.376. The van der Waals surface area contributed by atoms with Crippen molar-refractivity contribution in [2.75, 3.05) is 0 Å². The van der Waals surface area contributed by atoms with Gasteiger partial charge in [0.25, 0.3) is 0 Å². The second-order valence-electron chi connectivity index (χ2n) is 12.5. The fourth-order valence-electron chi connectivity index (χ4n) is 7.04. The van der Waals surface area contributed by atoms with Gasteiger partial charge in [0.2, 0.25) is 0 Å². The second-order valence-corrected chi connectivity index (χ2v) is 12.5. The Balaban J connectivity index is 1.49. The minimum absolute atomic E-state index is 0.407. The first-order chi connectivity index (χ1) is 18.4. The van der Waals surface area contributed by atoms with E-state index in [2.05, 4.69) is 107 Å². The van der Waals surface area contributed by atoms with Crippen LogP contribution in [-0.2, 0) is 6.42 Å². The van der Waals surface area contributed by atoms with Gasteiger partial charge in [-0.15, -0.1) is 0 Å².